The van der Waals surface area contributed by atoms with E-state index < -0.39 is 0 Å². The van der Waals surface area contributed by atoms with Gasteiger partial charge in [-0.15, -0.1) is 0 Å². The number of carbonyl (C=O) groups excluding carboxylic acids is 1. The quantitative estimate of drug-likeness (QED) is 0.458. The molecule has 1 fully saturated rings. The highest BCUT2D eigenvalue weighted by Crippen LogP contribution is 2.36. The standard InChI is InChI=1S/C25H24N6O/c1-2-21(32)30-15-6-9-20(30)25-29-22(23-24(26)27-14-16-31(23)25)17-10-12-19(13-11-17)28-18-7-4-3-5-8-18/h2-5,7-8,10-14,16,20,28H,1,6,9,15H2,(H2,26,27)/t20-/m0/s1. The van der Waals surface area contributed by atoms with Crippen LogP contribution >= 0.6 is 0 Å². The number of imidazole rings is 1. The predicted molar refractivity (Wildman–Crippen MR) is 126 cm³/mol. The topological polar surface area (TPSA) is 88.5 Å². The SMILES string of the molecule is C=CC(=O)N1CCC[C@H]1c1nc(-c2ccc(Nc3ccccc3)cc2)c2c(N)nccn12. The molecular formula is C25H24N6O. The number of aromatic nitrogens is 3. The van der Waals surface area contributed by atoms with Crippen molar-refractivity contribution in [3.63, 3.8) is 0 Å². The third-order valence-corrected chi connectivity index (χ3v) is 5.84. The summed E-state index contributed by atoms with van der Waals surface area (Å²) in [7, 11) is 0. The van der Waals surface area contributed by atoms with Gasteiger partial charge in [0.2, 0.25) is 5.91 Å². The lowest BCUT2D eigenvalue weighted by Gasteiger charge is -2.22. The second kappa shape index (κ2) is 8.19. The van der Waals surface area contributed by atoms with Gasteiger partial charge in [0, 0.05) is 35.9 Å². The molecule has 0 saturated carbocycles. The summed E-state index contributed by atoms with van der Waals surface area (Å²) in [6, 6.07) is 18.0. The molecular weight excluding hydrogens is 400 g/mol. The van der Waals surface area contributed by atoms with Crippen LogP contribution < -0.4 is 11.1 Å². The zero-order valence-electron chi connectivity index (χ0n) is 17.6. The Morgan fingerprint density at radius 2 is 1.88 bits per heavy atom. The van der Waals surface area contributed by atoms with Crippen molar-refractivity contribution in [2.24, 2.45) is 0 Å². The highest BCUT2D eigenvalue weighted by Gasteiger charge is 2.33. The van der Waals surface area contributed by atoms with Crippen LogP contribution in [0.5, 0.6) is 0 Å². The number of rotatable bonds is 5. The maximum absolute atomic E-state index is 12.4. The van der Waals surface area contributed by atoms with E-state index in [4.69, 9.17) is 10.7 Å². The molecule has 1 aliphatic rings. The normalized spacial score (nSPS) is 15.8. The summed E-state index contributed by atoms with van der Waals surface area (Å²) in [5.74, 6) is 1.12. The Bertz CT molecular complexity index is 1280. The predicted octanol–water partition coefficient (Wildman–Crippen LogP) is 4.57. The molecule has 4 aromatic rings. The second-order valence-electron chi connectivity index (χ2n) is 7.81. The summed E-state index contributed by atoms with van der Waals surface area (Å²) in [4.78, 5) is 23.5. The van der Waals surface area contributed by atoms with Crippen LogP contribution in [0, 0.1) is 0 Å². The molecule has 5 rings (SSSR count). The molecule has 32 heavy (non-hydrogen) atoms. The van der Waals surface area contributed by atoms with Crippen molar-refractivity contribution < 1.29 is 4.79 Å². The van der Waals surface area contributed by atoms with Crippen molar-refractivity contribution in [1.82, 2.24) is 19.3 Å². The van der Waals surface area contributed by atoms with Crippen LogP contribution in [0.25, 0.3) is 16.8 Å². The van der Waals surface area contributed by atoms with Gasteiger partial charge >= 0.3 is 0 Å². The van der Waals surface area contributed by atoms with Crippen molar-refractivity contribution in [2.75, 3.05) is 17.6 Å². The molecule has 2 aromatic heterocycles. The number of hydrogen-bond donors (Lipinski definition) is 2. The molecule has 1 saturated heterocycles. The van der Waals surface area contributed by atoms with Crippen LogP contribution in [-0.2, 0) is 4.79 Å². The van der Waals surface area contributed by atoms with Crippen molar-refractivity contribution in [2.45, 2.75) is 18.9 Å². The number of nitrogen functional groups attached to an aromatic ring is 1. The third kappa shape index (κ3) is 3.47. The Morgan fingerprint density at radius 3 is 2.62 bits per heavy atom. The van der Waals surface area contributed by atoms with Crippen LogP contribution in [0.1, 0.15) is 24.7 Å². The van der Waals surface area contributed by atoms with E-state index in [0.717, 1.165) is 46.8 Å². The molecule has 0 spiro atoms. The lowest BCUT2D eigenvalue weighted by molar-refractivity contribution is -0.127. The van der Waals surface area contributed by atoms with Gasteiger partial charge in [0.25, 0.3) is 0 Å². The van der Waals surface area contributed by atoms with Gasteiger partial charge in [0.1, 0.15) is 22.9 Å². The Morgan fingerprint density at radius 1 is 1.12 bits per heavy atom. The zero-order valence-corrected chi connectivity index (χ0v) is 17.6. The summed E-state index contributed by atoms with van der Waals surface area (Å²) in [5, 5.41) is 3.39. The molecule has 1 amide bonds. The molecule has 160 valence electrons. The number of anilines is 3. The molecule has 7 heteroatoms. The van der Waals surface area contributed by atoms with E-state index >= 15 is 0 Å². The van der Waals surface area contributed by atoms with Gasteiger partial charge in [-0.25, -0.2) is 9.97 Å². The number of benzene rings is 2. The van der Waals surface area contributed by atoms with Crippen molar-refractivity contribution in [1.29, 1.82) is 0 Å². The fourth-order valence-corrected chi connectivity index (χ4v) is 4.34. The molecule has 2 aromatic carbocycles. The number of nitrogens with two attached hydrogens (primary N) is 1. The number of amides is 1. The van der Waals surface area contributed by atoms with Crippen LogP contribution in [0.2, 0.25) is 0 Å². The lowest BCUT2D eigenvalue weighted by atomic mass is 10.1. The fourth-order valence-electron chi connectivity index (χ4n) is 4.34. The van der Waals surface area contributed by atoms with Gasteiger partial charge in [-0.1, -0.05) is 36.9 Å². The zero-order chi connectivity index (χ0) is 22.1. The molecule has 7 nitrogen and oxygen atoms in total. The molecule has 0 unspecified atom stereocenters. The van der Waals surface area contributed by atoms with Gasteiger partial charge in [0.05, 0.1) is 6.04 Å². The third-order valence-electron chi connectivity index (χ3n) is 5.84. The first-order chi connectivity index (χ1) is 15.7. The molecule has 3 N–H and O–H groups in total. The van der Waals surface area contributed by atoms with Gasteiger partial charge < -0.3 is 16.0 Å². The van der Waals surface area contributed by atoms with E-state index in [1.165, 1.54) is 6.08 Å². The van der Waals surface area contributed by atoms with Crippen molar-refractivity contribution in [3.05, 3.63) is 85.5 Å². The minimum Gasteiger partial charge on any atom is -0.382 e. The Labute approximate surface area is 186 Å². The Kier molecular flexibility index (Phi) is 5.07. The molecule has 1 atom stereocenters. The van der Waals surface area contributed by atoms with E-state index in [1.807, 2.05) is 70.1 Å². The van der Waals surface area contributed by atoms with Crippen LogP contribution in [0.15, 0.2) is 79.6 Å². The first-order valence-corrected chi connectivity index (χ1v) is 10.6. The van der Waals surface area contributed by atoms with E-state index in [0.29, 0.717) is 12.4 Å². The maximum Gasteiger partial charge on any atom is 0.246 e. The van der Waals surface area contributed by atoms with E-state index in [-0.39, 0.29) is 11.9 Å². The monoisotopic (exact) mass is 424 g/mol. The first kappa shape index (κ1) is 19.8. The number of carbonyl (C=O) groups is 1. The van der Waals surface area contributed by atoms with Gasteiger partial charge in [-0.05, 0) is 43.2 Å². The van der Waals surface area contributed by atoms with Gasteiger partial charge in [0.15, 0.2) is 0 Å². The van der Waals surface area contributed by atoms with Crippen LogP contribution in [0.4, 0.5) is 17.2 Å². The maximum atomic E-state index is 12.4. The largest absolute Gasteiger partial charge is 0.382 e. The number of likely N-dealkylation sites (tertiary alicyclic amines) is 1. The number of fused-ring (bicyclic) bond motifs is 1. The van der Waals surface area contributed by atoms with Crippen LogP contribution in [-0.4, -0.2) is 31.7 Å². The smallest absolute Gasteiger partial charge is 0.246 e. The second-order valence-corrected chi connectivity index (χ2v) is 7.81. The fraction of sp³-hybridized carbons (Fsp3) is 0.160. The number of nitrogens with one attached hydrogen (secondary N) is 1. The number of nitrogens with zero attached hydrogens (tertiary/aromatic N) is 4. The minimum absolute atomic E-state index is 0.0795. The molecule has 3 heterocycles. The molecule has 0 bridgehead atoms. The average molecular weight is 425 g/mol. The van der Waals surface area contributed by atoms with Crippen LogP contribution in [0.3, 0.4) is 0 Å². The summed E-state index contributed by atoms with van der Waals surface area (Å²) in [5.41, 5.74) is 10.7. The average Bonchev–Trinajstić information content (AvgIpc) is 3.45. The molecule has 0 aliphatic carbocycles. The summed E-state index contributed by atoms with van der Waals surface area (Å²) in [6.45, 7) is 4.34. The number of para-hydroxylation sites is 1. The summed E-state index contributed by atoms with van der Waals surface area (Å²) in [6.07, 6.45) is 6.66. The molecule has 0 radical (unpaired) electrons. The highest BCUT2D eigenvalue weighted by molar-refractivity contribution is 5.88. The minimum atomic E-state index is -0.123. The first-order valence-electron chi connectivity index (χ1n) is 10.6. The van der Waals surface area contributed by atoms with E-state index in [2.05, 4.69) is 16.9 Å². The summed E-state index contributed by atoms with van der Waals surface area (Å²) >= 11 is 0. The van der Waals surface area contributed by atoms with E-state index in [1.54, 1.807) is 6.20 Å². The number of hydrogen-bond acceptors (Lipinski definition) is 5. The van der Waals surface area contributed by atoms with Gasteiger partial charge in [-0.3, -0.25) is 9.20 Å². The highest BCUT2D eigenvalue weighted by atomic mass is 16.2. The Balaban J connectivity index is 1.55. The lowest BCUT2D eigenvalue weighted by Crippen LogP contribution is -2.29. The summed E-state index contributed by atoms with van der Waals surface area (Å²) < 4.78 is 1.97. The van der Waals surface area contributed by atoms with Crippen molar-refractivity contribution in [3.8, 4) is 11.3 Å². The Hall–Kier alpha value is -4.13. The molecule has 1 aliphatic heterocycles. The van der Waals surface area contributed by atoms with Gasteiger partial charge in [-0.2, -0.15) is 0 Å². The van der Waals surface area contributed by atoms with Crippen molar-refractivity contribution >= 4 is 28.6 Å². The van der Waals surface area contributed by atoms with E-state index in [9.17, 15) is 4.79 Å².